The molecule has 0 aromatic heterocycles. The fraction of sp³-hybridized carbons (Fsp3) is 0.292. The van der Waals surface area contributed by atoms with Crippen molar-refractivity contribution in [2.75, 3.05) is 0 Å². The van der Waals surface area contributed by atoms with E-state index in [-0.39, 0.29) is 13.1 Å². The molecule has 1 aliphatic rings. The van der Waals surface area contributed by atoms with Gasteiger partial charge in [0, 0.05) is 13.1 Å². The maximum absolute atomic E-state index is 13.1. The van der Waals surface area contributed by atoms with Crippen LogP contribution in [0.5, 0.6) is 0 Å². The molecule has 3 amide bonds. The van der Waals surface area contributed by atoms with E-state index < -0.39 is 46.4 Å². The Hall–Kier alpha value is -4.08. The maximum atomic E-state index is 13.1. The molecule has 0 fully saturated rings. The number of nitrogens with one attached hydrogen (secondary N) is 3. The summed E-state index contributed by atoms with van der Waals surface area (Å²) >= 11 is 0. The molecular weight excluding hydrogens is 443 g/mol. The van der Waals surface area contributed by atoms with E-state index in [1.165, 1.54) is 31.2 Å². The standard InChI is InChI=1S/C24H27FN4O5/c1-23(2,29(22(33)34)14-16-7-5-4-6-8-16)24(3)27-18(19(30)21(32)28-24)20(31)26-13-15-9-11-17(25)12-10-15/h4-12,27,30H,13-14H2,1-3H3,(H,26,31)(H,28,32)(H,33,34). The van der Waals surface area contributed by atoms with Crippen LogP contribution in [-0.2, 0) is 22.7 Å². The number of nitrogens with zero attached hydrogens (tertiary/aromatic N) is 1. The molecule has 0 bridgehead atoms. The molecule has 0 aliphatic carbocycles. The third-order valence-corrected chi connectivity index (χ3v) is 6.10. The van der Waals surface area contributed by atoms with E-state index in [0.717, 1.165) is 10.5 Å². The van der Waals surface area contributed by atoms with Gasteiger partial charge in [0.1, 0.15) is 17.2 Å². The molecule has 2 aromatic rings. The van der Waals surface area contributed by atoms with Crippen molar-refractivity contribution in [3.05, 3.63) is 83.0 Å². The van der Waals surface area contributed by atoms with Gasteiger partial charge in [0.05, 0.1) is 5.54 Å². The molecule has 2 aromatic carbocycles. The monoisotopic (exact) mass is 470 g/mol. The van der Waals surface area contributed by atoms with Crippen LogP contribution in [0.15, 0.2) is 66.1 Å². The van der Waals surface area contributed by atoms with Crippen LogP contribution in [0.2, 0.25) is 0 Å². The Labute approximate surface area is 196 Å². The Bertz CT molecular complexity index is 1120. The zero-order chi connectivity index (χ0) is 25.1. The van der Waals surface area contributed by atoms with Gasteiger partial charge in [0.15, 0.2) is 0 Å². The third-order valence-electron chi connectivity index (χ3n) is 6.10. The normalized spacial score (nSPS) is 18.1. The molecule has 0 spiro atoms. The van der Waals surface area contributed by atoms with Crippen molar-refractivity contribution < 1.29 is 29.0 Å². The van der Waals surface area contributed by atoms with Gasteiger partial charge in [-0.25, -0.2) is 9.18 Å². The number of amides is 3. The summed E-state index contributed by atoms with van der Waals surface area (Å²) < 4.78 is 13.1. The highest BCUT2D eigenvalue weighted by Gasteiger charge is 2.52. The lowest BCUT2D eigenvalue weighted by Gasteiger charge is -2.51. The van der Waals surface area contributed by atoms with Crippen molar-refractivity contribution in [2.45, 2.75) is 45.1 Å². The van der Waals surface area contributed by atoms with Crippen LogP contribution in [0.25, 0.3) is 0 Å². The number of carbonyl (C=O) groups excluding carboxylic acids is 2. The second kappa shape index (κ2) is 9.42. The number of rotatable bonds is 7. The molecule has 0 radical (unpaired) electrons. The van der Waals surface area contributed by atoms with Crippen LogP contribution in [0.1, 0.15) is 31.9 Å². The quantitative estimate of drug-likeness (QED) is 0.423. The lowest BCUT2D eigenvalue weighted by atomic mass is 9.84. The van der Waals surface area contributed by atoms with Crippen LogP contribution >= 0.6 is 0 Å². The largest absolute Gasteiger partial charge is 0.501 e. The van der Waals surface area contributed by atoms with Crippen LogP contribution < -0.4 is 16.0 Å². The van der Waals surface area contributed by atoms with Gasteiger partial charge in [-0.1, -0.05) is 42.5 Å². The predicted octanol–water partition coefficient (Wildman–Crippen LogP) is 2.61. The van der Waals surface area contributed by atoms with Crippen LogP contribution in [-0.4, -0.2) is 44.2 Å². The van der Waals surface area contributed by atoms with E-state index >= 15 is 0 Å². The Morgan fingerprint density at radius 2 is 1.68 bits per heavy atom. The van der Waals surface area contributed by atoms with Gasteiger partial charge in [-0.3, -0.25) is 14.5 Å². The number of hydrogen-bond acceptors (Lipinski definition) is 5. The number of aliphatic hydroxyl groups excluding tert-OH is 1. The summed E-state index contributed by atoms with van der Waals surface area (Å²) in [7, 11) is 0. The predicted molar refractivity (Wildman–Crippen MR) is 122 cm³/mol. The number of carboxylic acid groups (broad SMARTS) is 1. The molecule has 1 unspecified atom stereocenters. The number of halogens is 1. The lowest BCUT2D eigenvalue weighted by molar-refractivity contribution is -0.129. The van der Waals surface area contributed by atoms with E-state index in [0.29, 0.717) is 5.56 Å². The maximum Gasteiger partial charge on any atom is 0.408 e. The Balaban J connectivity index is 1.84. The highest BCUT2D eigenvalue weighted by molar-refractivity contribution is 6.04. The molecule has 3 rings (SSSR count). The van der Waals surface area contributed by atoms with Crippen molar-refractivity contribution in [1.82, 2.24) is 20.9 Å². The summed E-state index contributed by atoms with van der Waals surface area (Å²) in [4.78, 5) is 38.8. The average Bonchev–Trinajstić information content (AvgIpc) is 2.79. The molecule has 34 heavy (non-hydrogen) atoms. The minimum Gasteiger partial charge on any atom is -0.501 e. The molecule has 9 nitrogen and oxygen atoms in total. The minimum atomic E-state index is -1.47. The van der Waals surface area contributed by atoms with Crippen molar-refractivity contribution in [3.63, 3.8) is 0 Å². The molecule has 1 aliphatic heterocycles. The van der Waals surface area contributed by atoms with Gasteiger partial charge in [0.25, 0.3) is 11.8 Å². The van der Waals surface area contributed by atoms with Crippen molar-refractivity contribution >= 4 is 17.9 Å². The number of benzene rings is 2. The first-order valence-electron chi connectivity index (χ1n) is 10.6. The molecular formula is C24H27FN4O5. The van der Waals surface area contributed by atoms with Crippen molar-refractivity contribution in [1.29, 1.82) is 0 Å². The van der Waals surface area contributed by atoms with Gasteiger partial charge in [0.2, 0.25) is 5.76 Å². The number of hydrogen-bond donors (Lipinski definition) is 5. The third kappa shape index (κ3) is 4.95. The molecule has 180 valence electrons. The van der Waals surface area contributed by atoms with Gasteiger partial charge in [-0.05, 0) is 44.0 Å². The first-order chi connectivity index (χ1) is 15.9. The molecule has 0 saturated heterocycles. The van der Waals surface area contributed by atoms with Gasteiger partial charge >= 0.3 is 6.09 Å². The van der Waals surface area contributed by atoms with Gasteiger partial charge in [-0.15, -0.1) is 0 Å². The van der Waals surface area contributed by atoms with E-state index in [1.807, 2.05) is 6.07 Å². The van der Waals surface area contributed by atoms with E-state index in [9.17, 15) is 29.0 Å². The Morgan fingerprint density at radius 1 is 1.06 bits per heavy atom. The zero-order valence-corrected chi connectivity index (χ0v) is 19.1. The van der Waals surface area contributed by atoms with Crippen LogP contribution in [0.4, 0.5) is 9.18 Å². The summed E-state index contributed by atoms with van der Waals surface area (Å²) in [5, 5.41) is 28.2. The smallest absolute Gasteiger partial charge is 0.408 e. The number of aliphatic hydroxyl groups is 1. The van der Waals surface area contributed by atoms with Crippen LogP contribution in [0, 0.1) is 5.82 Å². The molecule has 1 heterocycles. The number of carbonyl (C=O) groups is 3. The van der Waals surface area contributed by atoms with E-state index in [1.54, 1.807) is 38.1 Å². The summed E-state index contributed by atoms with van der Waals surface area (Å²) in [5.74, 6) is -2.94. The highest BCUT2D eigenvalue weighted by Crippen LogP contribution is 2.31. The summed E-state index contributed by atoms with van der Waals surface area (Å²) in [6, 6.07) is 14.4. The molecule has 5 N–H and O–H groups in total. The lowest BCUT2D eigenvalue weighted by Crippen LogP contribution is -2.76. The molecule has 0 saturated carbocycles. The first-order valence-corrected chi connectivity index (χ1v) is 10.6. The fourth-order valence-electron chi connectivity index (χ4n) is 3.62. The summed E-state index contributed by atoms with van der Waals surface area (Å²) in [5.41, 5.74) is -1.80. The SMILES string of the molecule is CC1(C(C)(C)N(Cc2ccccc2)C(=O)O)NC(=O)C(O)=C(C(=O)NCc2ccc(F)cc2)N1. The zero-order valence-electron chi connectivity index (χ0n) is 19.1. The Morgan fingerprint density at radius 3 is 2.26 bits per heavy atom. The van der Waals surface area contributed by atoms with Crippen LogP contribution in [0.3, 0.4) is 0 Å². The summed E-state index contributed by atoms with van der Waals surface area (Å²) in [6.45, 7) is 4.79. The average molecular weight is 471 g/mol. The molecule has 1 atom stereocenters. The minimum absolute atomic E-state index is 0.0224. The first kappa shape index (κ1) is 24.6. The molecule has 10 heteroatoms. The van der Waals surface area contributed by atoms with Crippen molar-refractivity contribution in [2.24, 2.45) is 0 Å². The van der Waals surface area contributed by atoms with E-state index in [4.69, 9.17) is 0 Å². The van der Waals surface area contributed by atoms with Gasteiger partial charge < -0.3 is 26.2 Å². The van der Waals surface area contributed by atoms with E-state index in [2.05, 4.69) is 16.0 Å². The topological polar surface area (TPSA) is 131 Å². The Kier molecular flexibility index (Phi) is 6.80. The highest BCUT2D eigenvalue weighted by atomic mass is 19.1. The summed E-state index contributed by atoms with van der Waals surface area (Å²) in [6.07, 6.45) is -1.23. The van der Waals surface area contributed by atoms with Gasteiger partial charge in [-0.2, -0.15) is 0 Å². The second-order valence-electron chi connectivity index (χ2n) is 8.65. The second-order valence-corrected chi connectivity index (χ2v) is 8.65. The fourth-order valence-corrected chi connectivity index (χ4v) is 3.62. The van der Waals surface area contributed by atoms with Crippen molar-refractivity contribution in [3.8, 4) is 0 Å².